The van der Waals surface area contributed by atoms with Crippen LogP contribution in [0, 0.1) is 27.7 Å². The number of benzene rings is 2. The third-order valence-electron chi connectivity index (χ3n) is 3.26. The highest BCUT2D eigenvalue weighted by atomic mass is 14.7. The molecule has 0 saturated carbocycles. The van der Waals surface area contributed by atoms with E-state index in [2.05, 4.69) is 21.7 Å². The summed E-state index contributed by atoms with van der Waals surface area (Å²) in [6.45, 7) is 8.15. The molecule has 0 fully saturated rings. The van der Waals surface area contributed by atoms with E-state index in [9.17, 15) is 0 Å². The van der Waals surface area contributed by atoms with Gasteiger partial charge in [0.2, 0.25) is 0 Å². The first-order valence-corrected chi connectivity index (χ1v) is 6.63. The van der Waals surface area contributed by atoms with Crippen molar-refractivity contribution in [3.63, 3.8) is 0 Å². The molecule has 0 atom stereocenters. The van der Waals surface area contributed by atoms with Gasteiger partial charge in [0, 0.05) is 0 Å². The van der Waals surface area contributed by atoms with Crippen molar-refractivity contribution < 1.29 is 0 Å². The van der Waals surface area contributed by atoms with Crippen molar-refractivity contribution in [2.24, 2.45) is 9.98 Å². The van der Waals surface area contributed by atoms with Gasteiger partial charge in [-0.3, -0.25) is 0 Å². The largest absolute Gasteiger partial charge is 0.196 e. The summed E-state index contributed by atoms with van der Waals surface area (Å²) < 4.78 is 0. The first-order chi connectivity index (χ1) is 9.59. The maximum Gasteiger partial charge on any atom is 0.0796 e. The molecule has 2 nitrogen and oxygen atoms in total. The first kappa shape index (κ1) is 14.0. The summed E-state index contributed by atoms with van der Waals surface area (Å²) in [5.74, 6) is 5.59. The van der Waals surface area contributed by atoms with E-state index < -0.39 is 0 Å². The predicted octanol–water partition coefficient (Wildman–Crippen LogP) is 4.78. The van der Waals surface area contributed by atoms with Gasteiger partial charge in [0.25, 0.3) is 0 Å². The molecule has 0 saturated heterocycles. The molecule has 0 bridgehead atoms. The number of rotatable bonds is 2. The number of aryl methyl sites for hydroxylation is 4. The van der Waals surface area contributed by atoms with E-state index in [0.29, 0.717) is 0 Å². The van der Waals surface area contributed by atoms with Gasteiger partial charge in [0.15, 0.2) is 0 Å². The zero-order valence-electron chi connectivity index (χ0n) is 12.4. The van der Waals surface area contributed by atoms with Crippen molar-refractivity contribution in [3.05, 3.63) is 58.7 Å². The van der Waals surface area contributed by atoms with Crippen LogP contribution in [0.15, 0.2) is 46.4 Å². The lowest BCUT2D eigenvalue weighted by Crippen LogP contribution is -1.79. The Labute approximate surface area is 120 Å². The minimum absolute atomic E-state index is 0.941. The van der Waals surface area contributed by atoms with E-state index in [1.54, 1.807) is 0 Å². The molecule has 20 heavy (non-hydrogen) atoms. The van der Waals surface area contributed by atoms with Gasteiger partial charge >= 0.3 is 0 Å². The van der Waals surface area contributed by atoms with Crippen LogP contribution in [0.2, 0.25) is 0 Å². The van der Waals surface area contributed by atoms with Crippen LogP contribution < -0.4 is 0 Å². The second kappa shape index (κ2) is 6.16. The highest BCUT2D eigenvalue weighted by molar-refractivity contribution is 5.91. The summed E-state index contributed by atoms with van der Waals surface area (Å²) in [4.78, 5) is 8.65. The Hall–Kier alpha value is -2.40. The molecule has 2 rings (SSSR count). The molecule has 0 aliphatic heterocycles. The molecule has 2 aromatic rings. The first-order valence-electron chi connectivity index (χ1n) is 6.63. The third-order valence-corrected chi connectivity index (χ3v) is 3.26. The molecule has 2 heteroatoms. The highest BCUT2D eigenvalue weighted by Gasteiger charge is 1.98. The van der Waals surface area contributed by atoms with Gasteiger partial charge in [0.05, 0.1) is 23.1 Å². The molecule has 2 aromatic carbocycles. The zero-order chi connectivity index (χ0) is 14.5. The normalized spacial score (nSPS) is 9.60. The van der Waals surface area contributed by atoms with E-state index in [1.807, 2.05) is 64.1 Å². The van der Waals surface area contributed by atoms with Crippen molar-refractivity contribution in [1.29, 1.82) is 0 Å². The molecule has 0 aliphatic rings. The van der Waals surface area contributed by atoms with Gasteiger partial charge in [-0.15, -0.1) is 0 Å². The van der Waals surface area contributed by atoms with Crippen LogP contribution in [0.4, 0.5) is 11.4 Å². The zero-order valence-corrected chi connectivity index (χ0v) is 12.4. The number of nitrogens with zero attached hydrogens (tertiary/aromatic N) is 2. The Kier molecular flexibility index (Phi) is 4.32. The maximum absolute atomic E-state index is 4.32. The van der Waals surface area contributed by atoms with Crippen LogP contribution in [0.1, 0.15) is 22.3 Å². The summed E-state index contributed by atoms with van der Waals surface area (Å²) in [7, 11) is 0. The quantitative estimate of drug-likeness (QED) is 0.696. The molecular weight excluding hydrogens is 244 g/mol. The van der Waals surface area contributed by atoms with Crippen molar-refractivity contribution in [2.75, 3.05) is 0 Å². The minimum atomic E-state index is 0.941. The molecule has 0 N–H and O–H groups in total. The lowest BCUT2D eigenvalue weighted by molar-refractivity contribution is 1.33. The molecule has 0 radical (unpaired) electrons. The fourth-order valence-electron chi connectivity index (χ4n) is 2.13. The van der Waals surface area contributed by atoms with Crippen molar-refractivity contribution >= 4 is 23.1 Å². The standard InChI is InChI=1S/C18H18N2/c1-13-7-5-8-14(2)17(13)19-11-12-20-18-15(3)9-6-10-16(18)4/h5-10H,1-4H3. The van der Waals surface area contributed by atoms with Gasteiger partial charge in [-0.2, -0.15) is 9.98 Å². The number of para-hydroxylation sites is 2. The highest BCUT2D eigenvalue weighted by Crippen LogP contribution is 2.23. The Bertz CT molecular complexity index is 625. The van der Waals surface area contributed by atoms with Crippen LogP contribution in [0.5, 0.6) is 0 Å². The SMILES string of the molecule is Cc1cccc(C)c1N=C=C=Nc1c(C)cccc1C. The van der Waals surface area contributed by atoms with Gasteiger partial charge in [-0.25, -0.2) is 0 Å². The maximum atomic E-state index is 4.32. The summed E-state index contributed by atoms with van der Waals surface area (Å²) >= 11 is 0. The molecule has 100 valence electrons. The Balaban J connectivity index is 2.38. The fourth-order valence-corrected chi connectivity index (χ4v) is 2.13. The van der Waals surface area contributed by atoms with E-state index in [4.69, 9.17) is 0 Å². The monoisotopic (exact) mass is 262 g/mol. The Morgan fingerprint density at radius 1 is 0.600 bits per heavy atom. The van der Waals surface area contributed by atoms with Crippen LogP contribution in [-0.4, -0.2) is 11.7 Å². The minimum Gasteiger partial charge on any atom is -0.196 e. The average Bonchev–Trinajstić information content (AvgIpc) is 2.40. The molecule has 0 amide bonds. The van der Waals surface area contributed by atoms with Crippen molar-refractivity contribution in [2.45, 2.75) is 27.7 Å². The summed E-state index contributed by atoms with van der Waals surface area (Å²) in [5.41, 5.74) is 6.41. The lowest BCUT2D eigenvalue weighted by Gasteiger charge is -2.01. The van der Waals surface area contributed by atoms with E-state index >= 15 is 0 Å². The molecular formula is C18H18N2. The Morgan fingerprint density at radius 2 is 0.900 bits per heavy atom. The summed E-state index contributed by atoms with van der Waals surface area (Å²) in [5, 5.41) is 0. The van der Waals surface area contributed by atoms with Crippen molar-refractivity contribution in [3.8, 4) is 0 Å². The van der Waals surface area contributed by atoms with Crippen LogP contribution in [0.25, 0.3) is 0 Å². The Morgan fingerprint density at radius 3 is 1.20 bits per heavy atom. The topological polar surface area (TPSA) is 24.7 Å². The summed E-state index contributed by atoms with van der Waals surface area (Å²) in [6, 6.07) is 12.2. The number of hydrogen-bond donors (Lipinski definition) is 0. The fraction of sp³-hybridized carbons (Fsp3) is 0.222. The number of aliphatic imine (C=N–C) groups is 2. The van der Waals surface area contributed by atoms with Crippen molar-refractivity contribution in [1.82, 2.24) is 0 Å². The van der Waals surface area contributed by atoms with Gasteiger partial charge in [0.1, 0.15) is 0 Å². The lowest BCUT2D eigenvalue weighted by atomic mass is 10.1. The van der Waals surface area contributed by atoms with Crippen LogP contribution >= 0.6 is 0 Å². The average molecular weight is 262 g/mol. The summed E-state index contributed by atoms with van der Waals surface area (Å²) in [6.07, 6.45) is 0. The molecule has 0 aliphatic carbocycles. The van der Waals surface area contributed by atoms with E-state index in [0.717, 1.165) is 33.6 Å². The van der Waals surface area contributed by atoms with E-state index in [1.165, 1.54) is 0 Å². The predicted molar refractivity (Wildman–Crippen MR) is 86.0 cm³/mol. The molecule has 0 aromatic heterocycles. The molecule has 0 spiro atoms. The number of hydrogen-bond acceptors (Lipinski definition) is 2. The van der Waals surface area contributed by atoms with Gasteiger partial charge in [-0.05, 0) is 49.9 Å². The molecule has 0 unspecified atom stereocenters. The van der Waals surface area contributed by atoms with Gasteiger partial charge in [-0.1, -0.05) is 36.4 Å². The molecule has 0 heterocycles. The smallest absolute Gasteiger partial charge is 0.0796 e. The van der Waals surface area contributed by atoms with Gasteiger partial charge < -0.3 is 0 Å². The third kappa shape index (κ3) is 3.13. The van der Waals surface area contributed by atoms with Crippen LogP contribution in [-0.2, 0) is 0 Å². The van der Waals surface area contributed by atoms with E-state index in [-0.39, 0.29) is 0 Å². The second-order valence-electron chi connectivity index (χ2n) is 4.93. The second-order valence-corrected chi connectivity index (χ2v) is 4.93. The van der Waals surface area contributed by atoms with Crippen LogP contribution in [0.3, 0.4) is 0 Å².